The molecule has 3 aromatic rings. The molecule has 1 amide bonds. The zero-order valence-electron chi connectivity index (χ0n) is 14.7. The van der Waals surface area contributed by atoms with Crippen molar-refractivity contribution in [3.8, 4) is 0 Å². The first-order valence-corrected chi connectivity index (χ1v) is 10.6. The molecule has 7 nitrogen and oxygen atoms in total. The molecule has 1 saturated heterocycles. The van der Waals surface area contributed by atoms with Crippen molar-refractivity contribution in [2.24, 2.45) is 0 Å². The van der Waals surface area contributed by atoms with Crippen LogP contribution in [0.2, 0.25) is 0 Å². The molecule has 0 atom stereocenters. The Kier molecular flexibility index (Phi) is 5.69. The van der Waals surface area contributed by atoms with Crippen LogP contribution in [0.3, 0.4) is 0 Å². The van der Waals surface area contributed by atoms with Crippen LogP contribution in [0.5, 0.6) is 0 Å². The second-order valence-electron chi connectivity index (χ2n) is 6.17. The van der Waals surface area contributed by atoms with Gasteiger partial charge in [0.05, 0.1) is 5.75 Å². The van der Waals surface area contributed by atoms with Crippen molar-refractivity contribution >= 4 is 34.8 Å². The first kappa shape index (κ1) is 18.0. The fraction of sp³-hybridized carbons (Fsp3) is 0.333. The number of nitrogens with zero attached hydrogens (tertiary/aromatic N) is 5. The Bertz CT molecular complexity index is 859. The van der Waals surface area contributed by atoms with Crippen LogP contribution in [-0.2, 0) is 11.2 Å². The summed E-state index contributed by atoms with van der Waals surface area (Å²) in [5.41, 5.74) is 0. The number of aromatic nitrogens is 4. The molecule has 0 unspecified atom stereocenters. The number of rotatable bonds is 6. The van der Waals surface area contributed by atoms with E-state index in [4.69, 9.17) is 0 Å². The predicted octanol–water partition coefficient (Wildman–Crippen LogP) is 2.29. The van der Waals surface area contributed by atoms with Crippen molar-refractivity contribution < 1.29 is 4.79 Å². The molecule has 0 radical (unpaired) electrons. The molecule has 4 heterocycles. The highest BCUT2D eigenvalue weighted by molar-refractivity contribution is 7.99. The highest BCUT2D eigenvalue weighted by atomic mass is 32.2. The number of pyridine rings is 1. The maximum absolute atomic E-state index is 12.5. The molecule has 1 fully saturated rings. The number of thioether (sulfide) groups is 1. The van der Waals surface area contributed by atoms with E-state index >= 15 is 0 Å². The third kappa shape index (κ3) is 4.67. The lowest BCUT2D eigenvalue weighted by atomic mass is 10.3. The number of hydrogen-bond acceptors (Lipinski definition) is 7. The fourth-order valence-electron chi connectivity index (χ4n) is 2.94. The highest BCUT2D eigenvalue weighted by Crippen LogP contribution is 2.18. The maximum Gasteiger partial charge on any atom is 0.233 e. The number of carbonyl (C=O) groups excluding carboxylic acids is 1. The first-order chi connectivity index (χ1) is 13.3. The summed E-state index contributed by atoms with van der Waals surface area (Å²) in [7, 11) is 0. The van der Waals surface area contributed by atoms with Crippen LogP contribution < -0.4 is 4.90 Å². The molecule has 1 aliphatic heterocycles. The van der Waals surface area contributed by atoms with Crippen molar-refractivity contribution in [1.29, 1.82) is 0 Å². The zero-order valence-corrected chi connectivity index (χ0v) is 16.4. The quantitative estimate of drug-likeness (QED) is 0.640. The van der Waals surface area contributed by atoms with E-state index in [9.17, 15) is 4.79 Å². The topological polar surface area (TPSA) is 78.0 Å². The van der Waals surface area contributed by atoms with Gasteiger partial charge in [-0.1, -0.05) is 23.9 Å². The largest absolute Gasteiger partial charge is 0.353 e. The van der Waals surface area contributed by atoms with E-state index in [1.165, 1.54) is 16.6 Å². The summed E-state index contributed by atoms with van der Waals surface area (Å²) in [6, 6.07) is 10.0. The number of amides is 1. The molecule has 27 heavy (non-hydrogen) atoms. The molecule has 1 aliphatic rings. The van der Waals surface area contributed by atoms with Gasteiger partial charge in [0, 0.05) is 43.7 Å². The second kappa shape index (κ2) is 8.53. The summed E-state index contributed by atoms with van der Waals surface area (Å²) < 4.78 is 0. The molecule has 0 aromatic carbocycles. The van der Waals surface area contributed by atoms with Gasteiger partial charge in [0.2, 0.25) is 11.1 Å². The summed E-state index contributed by atoms with van der Waals surface area (Å²) in [5, 5.41) is 9.84. The van der Waals surface area contributed by atoms with E-state index in [1.807, 2.05) is 34.5 Å². The minimum Gasteiger partial charge on any atom is -0.353 e. The summed E-state index contributed by atoms with van der Waals surface area (Å²) in [5.74, 6) is 2.29. The van der Waals surface area contributed by atoms with Gasteiger partial charge >= 0.3 is 0 Å². The van der Waals surface area contributed by atoms with Crippen molar-refractivity contribution in [2.45, 2.75) is 11.6 Å². The number of anilines is 1. The molecule has 0 aliphatic carbocycles. The summed E-state index contributed by atoms with van der Waals surface area (Å²) in [6.45, 7) is 3.04. The van der Waals surface area contributed by atoms with Crippen LogP contribution in [0.15, 0.2) is 47.1 Å². The molecule has 0 bridgehead atoms. The number of piperazine rings is 1. The minimum atomic E-state index is 0.130. The standard InChI is InChI=1S/C18H20N6OS2/c25-17(24-9-7-23(8-10-24)16-5-1-2-6-19-16)13-27-18-20-15(21-22-18)12-14-4-3-11-26-14/h1-6,11H,7-10,12-13H2,(H,20,21,22). The Hall–Kier alpha value is -2.39. The van der Waals surface area contributed by atoms with Crippen LogP contribution in [0.1, 0.15) is 10.7 Å². The highest BCUT2D eigenvalue weighted by Gasteiger charge is 2.22. The zero-order chi connectivity index (χ0) is 18.5. The van der Waals surface area contributed by atoms with Crippen LogP contribution in [0, 0.1) is 0 Å². The van der Waals surface area contributed by atoms with Gasteiger partial charge in [0.25, 0.3) is 0 Å². The lowest BCUT2D eigenvalue weighted by molar-refractivity contribution is -0.128. The average Bonchev–Trinajstić information content (AvgIpc) is 3.39. The summed E-state index contributed by atoms with van der Waals surface area (Å²) in [4.78, 5) is 26.7. The Morgan fingerprint density at radius 2 is 2.07 bits per heavy atom. The lowest BCUT2D eigenvalue weighted by Gasteiger charge is -2.35. The molecule has 0 saturated carbocycles. The monoisotopic (exact) mass is 400 g/mol. The number of nitrogens with one attached hydrogen (secondary N) is 1. The van der Waals surface area contributed by atoms with Crippen LogP contribution in [0.4, 0.5) is 5.82 Å². The molecular weight excluding hydrogens is 380 g/mol. The third-order valence-electron chi connectivity index (χ3n) is 4.36. The Balaban J connectivity index is 1.24. The van der Waals surface area contributed by atoms with E-state index < -0.39 is 0 Å². The van der Waals surface area contributed by atoms with Crippen LogP contribution in [-0.4, -0.2) is 62.9 Å². The Labute approximate surface area is 165 Å². The average molecular weight is 401 g/mol. The lowest BCUT2D eigenvalue weighted by Crippen LogP contribution is -2.49. The van der Waals surface area contributed by atoms with Gasteiger partial charge in [0.1, 0.15) is 11.6 Å². The number of aromatic amines is 1. The van der Waals surface area contributed by atoms with Crippen molar-refractivity contribution in [3.05, 3.63) is 52.6 Å². The SMILES string of the molecule is O=C(CSc1n[nH]c(Cc2cccs2)n1)N1CCN(c2ccccn2)CC1. The van der Waals surface area contributed by atoms with Gasteiger partial charge in [-0.25, -0.2) is 9.97 Å². The number of hydrogen-bond donors (Lipinski definition) is 1. The van der Waals surface area contributed by atoms with Gasteiger partial charge in [-0.05, 0) is 23.6 Å². The van der Waals surface area contributed by atoms with Crippen molar-refractivity contribution in [1.82, 2.24) is 25.1 Å². The van der Waals surface area contributed by atoms with E-state index in [1.54, 1.807) is 17.5 Å². The molecule has 3 aromatic heterocycles. The Morgan fingerprint density at radius 3 is 2.81 bits per heavy atom. The summed E-state index contributed by atoms with van der Waals surface area (Å²) in [6.07, 6.45) is 2.54. The van der Waals surface area contributed by atoms with E-state index in [2.05, 4.69) is 31.1 Å². The molecular formula is C18H20N6OS2. The minimum absolute atomic E-state index is 0.130. The number of H-pyrrole nitrogens is 1. The van der Waals surface area contributed by atoms with Gasteiger partial charge in [-0.3, -0.25) is 9.89 Å². The maximum atomic E-state index is 12.5. The van der Waals surface area contributed by atoms with E-state index in [0.29, 0.717) is 24.0 Å². The predicted molar refractivity (Wildman–Crippen MR) is 107 cm³/mol. The smallest absolute Gasteiger partial charge is 0.233 e. The normalized spacial score (nSPS) is 14.5. The van der Waals surface area contributed by atoms with Crippen LogP contribution >= 0.6 is 23.1 Å². The molecule has 4 rings (SSSR count). The van der Waals surface area contributed by atoms with E-state index in [0.717, 1.165) is 31.2 Å². The summed E-state index contributed by atoms with van der Waals surface area (Å²) >= 11 is 3.08. The van der Waals surface area contributed by atoms with Gasteiger partial charge in [-0.15, -0.1) is 16.4 Å². The van der Waals surface area contributed by atoms with Gasteiger partial charge in [-0.2, -0.15) is 0 Å². The van der Waals surface area contributed by atoms with Crippen molar-refractivity contribution in [3.63, 3.8) is 0 Å². The number of carbonyl (C=O) groups is 1. The fourth-order valence-corrected chi connectivity index (χ4v) is 4.37. The molecule has 9 heteroatoms. The second-order valence-corrected chi connectivity index (χ2v) is 8.14. The van der Waals surface area contributed by atoms with Crippen LogP contribution in [0.25, 0.3) is 0 Å². The molecule has 140 valence electrons. The van der Waals surface area contributed by atoms with Gasteiger partial charge in [0.15, 0.2) is 0 Å². The van der Waals surface area contributed by atoms with Crippen molar-refractivity contribution in [2.75, 3.05) is 36.8 Å². The Morgan fingerprint density at radius 1 is 1.19 bits per heavy atom. The first-order valence-electron chi connectivity index (χ1n) is 8.78. The van der Waals surface area contributed by atoms with Gasteiger partial charge < -0.3 is 9.80 Å². The third-order valence-corrected chi connectivity index (χ3v) is 6.07. The molecule has 1 N–H and O–H groups in total. The molecule has 0 spiro atoms. The van der Waals surface area contributed by atoms with E-state index in [-0.39, 0.29) is 5.91 Å². The number of thiophene rings is 1.